The number of amides is 1. The van der Waals surface area contributed by atoms with Gasteiger partial charge in [-0.3, -0.25) is 4.79 Å². The summed E-state index contributed by atoms with van der Waals surface area (Å²) in [6.07, 6.45) is 1.58. The summed E-state index contributed by atoms with van der Waals surface area (Å²) in [7, 11) is 1.56. The number of hydrogen-bond donors (Lipinski definition) is 1. The highest BCUT2D eigenvalue weighted by Crippen LogP contribution is 2.20. The van der Waals surface area contributed by atoms with Gasteiger partial charge >= 0.3 is 0 Å². The molecule has 1 aliphatic rings. The van der Waals surface area contributed by atoms with Crippen LogP contribution in [0.25, 0.3) is 6.08 Å². The molecule has 1 aliphatic heterocycles. The molecule has 1 N–H and O–H groups in total. The molecule has 1 heterocycles. The van der Waals surface area contributed by atoms with Gasteiger partial charge in [0, 0.05) is 30.5 Å². The highest BCUT2D eigenvalue weighted by atomic mass is 16.5. The number of nitriles is 1. The second-order valence-corrected chi connectivity index (χ2v) is 6.05. The minimum Gasteiger partial charge on any atom is -0.497 e. The van der Waals surface area contributed by atoms with Crippen molar-refractivity contribution >= 4 is 23.4 Å². The molecule has 138 valence electrons. The first-order chi connectivity index (χ1) is 13.2. The fourth-order valence-corrected chi connectivity index (χ4v) is 2.82. The lowest BCUT2D eigenvalue weighted by atomic mass is 10.1. The van der Waals surface area contributed by atoms with E-state index in [2.05, 4.69) is 10.2 Å². The molecule has 0 radical (unpaired) electrons. The summed E-state index contributed by atoms with van der Waals surface area (Å²) >= 11 is 0. The number of carbonyl (C=O) groups is 1. The van der Waals surface area contributed by atoms with Crippen LogP contribution < -0.4 is 15.0 Å². The molecule has 3 rings (SSSR count). The summed E-state index contributed by atoms with van der Waals surface area (Å²) in [6.45, 7) is 3.18. The lowest BCUT2D eigenvalue weighted by molar-refractivity contribution is -0.112. The Balaban J connectivity index is 1.71. The number of nitrogens with zero attached hydrogens (tertiary/aromatic N) is 2. The molecule has 27 heavy (non-hydrogen) atoms. The molecule has 6 nitrogen and oxygen atoms in total. The molecule has 0 unspecified atom stereocenters. The first kappa shape index (κ1) is 18.5. The van der Waals surface area contributed by atoms with Crippen LogP contribution in [0.2, 0.25) is 0 Å². The third kappa shape index (κ3) is 4.87. The van der Waals surface area contributed by atoms with E-state index in [1.54, 1.807) is 37.5 Å². The van der Waals surface area contributed by atoms with Crippen LogP contribution in [0, 0.1) is 11.3 Å². The lowest BCUT2D eigenvalue weighted by Crippen LogP contribution is -2.36. The van der Waals surface area contributed by atoms with Crippen LogP contribution in [0.4, 0.5) is 11.4 Å². The van der Waals surface area contributed by atoms with Gasteiger partial charge in [0.05, 0.1) is 20.3 Å². The summed E-state index contributed by atoms with van der Waals surface area (Å²) < 4.78 is 10.5. The minimum absolute atomic E-state index is 0.0388. The van der Waals surface area contributed by atoms with E-state index >= 15 is 0 Å². The number of anilines is 2. The van der Waals surface area contributed by atoms with Crippen molar-refractivity contribution in [3.8, 4) is 11.8 Å². The molecule has 1 amide bonds. The average molecular weight is 363 g/mol. The highest BCUT2D eigenvalue weighted by Gasteiger charge is 2.12. The number of ether oxygens (including phenoxy) is 2. The monoisotopic (exact) mass is 363 g/mol. The van der Waals surface area contributed by atoms with Gasteiger partial charge in [0.2, 0.25) is 0 Å². The lowest BCUT2D eigenvalue weighted by Gasteiger charge is -2.28. The molecule has 0 saturated carbocycles. The summed E-state index contributed by atoms with van der Waals surface area (Å²) in [4.78, 5) is 14.6. The van der Waals surface area contributed by atoms with Crippen molar-refractivity contribution in [1.29, 1.82) is 5.26 Å². The van der Waals surface area contributed by atoms with Crippen LogP contribution in [0.1, 0.15) is 5.56 Å². The van der Waals surface area contributed by atoms with Crippen molar-refractivity contribution < 1.29 is 14.3 Å². The maximum atomic E-state index is 12.4. The van der Waals surface area contributed by atoms with Gasteiger partial charge in [0.15, 0.2) is 0 Å². The number of rotatable bonds is 5. The largest absolute Gasteiger partial charge is 0.497 e. The molecular formula is C21H21N3O3. The van der Waals surface area contributed by atoms with E-state index in [0.29, 0.717) is 11.4 Å². The Bertz CT molecular complexity index is 863. The summed E-state index contributed by atoms with van der Waals surface area (Å²) in [5, 5.41) is 12.1. The minimum atomic E-state index is -0.456. The number of benzene rings is 2. The highest BCUT2D eigenvalue weighted by molar-refractivity contribution is 6.09. The zero-order chi connectivity index (χ0) is 19.1. The standard InChI is InChI=1S/C21H21N3O3/c1-26-20-4-2-3-18(14-20)23-21(25)17(15-22)13-16-5-7-19(8-6-16)24-9-11-27-12-10-24/h2-8,13-14H,9-12H2,1H3,(H,23,25)/b17-13+. The molecule has 2 aromatic rings. The van der Waals surface area contributed by atoms with E-state index in [1.807, 2.05) is 30.3 Å². The SMILES string of the molecule is COc1cccc(NC(=O)/C(C#N)=C/c2ccc(N3CCOCC3)cc2)c1. The quantitative estimate of drug-likeness (QED) is 0.653. The zero-order valence-electron chi connectivity index (χ0n) is 15.1. The van der Waals surface area contributed by atoms with Gasteiger partial charge in [0.1, 0.15) is 17.4 Å². The Hall–Kier alpha value is -3.30. The molecule has 1 saturated heterocycles. The number of carbonyl (C=O) groups excluding carboxylic acids is 1. The number of morpholine rings is 1. The van der Waals surface area contributed by atoms with Gasteiger partial charge in [-0.15, -0.1) is 0 Å². The van der Waals surface area contributed by atoms with Crippen LogP contribution in [0.3, 0.4) is 0 Å². The predicted octanol–water partition coefficient (Wildman–Crippen LogP) is 3.08. The zero-order valence-corrected chi connectivity index (χ0v) is 15.1. The first-order valence-corrected chi connectivity index (χ1v) is 8.69. The molecule has 0 spiro atoms. The van der Waals surface area contributed by atoms with Gasteiger partial charge in [0.25, 0.3) is 5.91 Å². The maximum Gasteiger partial charge on any atom is 0.266 e. The van der Waals surface area contributed by atoms with E-state index in [-0.39, 0.29) is 5.57 Å². The van der Waals surface area contributed by atoms with Gasteiger partial charge in [-0.2, -0.15) is 5.26 Å². The van der Waals surface area contributed by atoms with Crippen molar-refractivity contribution in [3.63, 3.8) is 0 Å². The summed E-state index contributed by atoms with van der Waals surface area (Å²) in [5.41, 5.74) is 2.51. The van der Waals surface area contributed by atoms with Gasteiger partial charge in [-0.05, 0) is 35.9 Å². The van der Waals surface area contributed by atoms with E-state index in [4.69, 9.17) is 9.47 Å². The van der Waals surface area contributed by atoms with E-state index < -0.39 is 5.91 Å². The Kier molecular flexibility index (Phi) is 6.08. The van der Waals surface area contributed by atoms with Crippen molar-refractivity contribution in [3.05, 3.63) is 59.7 Å². The fourth-order valence-electron chi connectivity index (χ4n) is 2.82. The number of nitrogens with one attached hydrogen (secondary N) is 1. The summed E-state index contributed by atoms with van der Waals surface area (Å²) in [5.74, 6) is 0.178. The summed E-state index contributed by atoms with van der Waals surface area (Å²) in [6, 6.07) is 16.8. The second-order valence-electron chi connectivity index (χ2n) is 6.05. The van der Waals surface area contributed by atoms with Gasteiger partial charge in [-0.1, -0.05) is 18.2 Å². The Labute approximate surface area is 158 Å². The third-order valence-corrected chi connectivity index (χ3v) is 4.27. The molecule has 6 heteroatoms. The van der Waals surface area contributed by atoms with Crippen LogP contribution in [-0.4, -0.2) is 39.3 Å². The van der Waals surface area contributed by atoms with Crippen LogP contribution in [-0.2, 0) is 9.53 Å². The molecule has 0 bridgehead atoms. The van der Waals surface area contributed by atoms with Crippen LogP contribution in [0.15, 0.2) is 54.1 Å². The smallest absolute Gasteiger partial charge is 0.266 e. The van der Waals surface area contributed by atoms with Crippen molar-refractivity contribution in [2.75, 3.05) is 43.6 Å². The first-order valence-electron chi connectivity index (χ1n) is 8.69. The fraction of sp³-hybridized carbons (Fsp3) is 0.238. The Morgan fingerprint density at radius 3 is 2.63 bits per heavy atom. The molecule has 0 aliphatic carbocycles. The van der Waals surface area contributed by atoms with Crippen LogP contribution >= 0.6 is 0 Å². The predicted molar refractivity (Wildman–Crippen MR) is 105 cm³/mol. The molecule has 2 aromatic carbocycles. The normalized spacial score (nSPS) is 14.4. The Morgan fingerprint density at radius 1 is 1.22 bits per heavy atom. The Morgan fingerprint density at radius 2 is 1.96 bits per heavy atom. The van der Waals surface area contributed by atoms with E-state index in [1.165, 1.54) is 0 Å². The second kappa shape index (κ2) is 8.88. The van der Waals surface area contributed by atoms with E-state index in [9.17, 15) is 10.1 Å². The van der Waals surface area contributed by atoms with Gasteiger partial charge in [-0.25, -0.2) is 0 Å². The van der Waals surface area contributed by atoms with Crippen molar-refractivity contribution in [1.82, 2.24) is 0 Å². The van der Waals surface area contributed by atoms with Crippen LogP contribution in [0.5, 0.6) is 5.75 Å². The topological polar surface area (TPSA) is 74.6 Å². The number of hydrogen-bond acceptors (Lipinski definition) is 5. The average Bonchev–Trinajstić information content (AvgIpc) is 2.73. The van der Waals surface area contributed by atoms with Crippen molar-refractivity contribution in [2.45, 2.75) is 0 Å². The van der Waals surface area contributed by atoms with E-state index in [0.717, 1.165) is 37.6 Å². The molecular weight excluding hydrogens is 342 g/mol. The number of methoxy groups -OCH3 is 1. The third-order valence-electron chi connectivity index (χ3n) is 4.27. The molecule has 0 aromatic heterocycles. The van der Waals surface area contributed by atoms with Gasteiger partial charge < -0.3 is 19.7 Å². The molecule has 1 fully saturated rings. The van der Waals surface area contributed by atoms with Crippen molar-refractivity contribution in [2.24, 2.45) is 0 Å². The maximum absolute atomic E-state index is 12.4. The molecule has 0 atom stereocenters.